The van der Waals surface area contributed by atoms with E-state index in [9.17, 15) is 4.79 Å². The molecule has 5 rings (SSSR count). The first-order valence-electron chi connectivity index (χ1n) is 14.2. The average Bonchev–Trinajstić information content (AvgIpc) is 3.39. The molecule has 2 saturated heterocycles. The third-order valence-electron chi connectivity index (χ3n) is 8.24. The van der Waals surface area contributed by atoms with Crippen molar-refractivity contribution in [2.75, 3.05) is 39.3 Å². The first-order chi connectivity index (χ1) is 18.3. The molecule has 1 aromatic heterocycles. The summed E-state index contributed by atoms with van der Waals surface area (Å²) in [5.41, 5.74) is 4.79. The number of nitrogens with zero attached hydrogens (tertiary/aromatic N) is 3. The van der Waals surface area contributed by atoms with Gasteiger partial charge in [-0.25, -0.2) is 0 Å². The Kier molecular flexibility index (Phi) is 8.29. The molecule has 2 aliphatic rings. The van der Waals surface area contributed by atoms with Crippen molar-refractivity contribution in [2.45, 2.75) is 52.0 Å². The summed E-state index contributed by atoms with van der Waals surface area (Å²) in [6, 6.07) is 21.3. The molecule has 2 atom stereocenters. The van der Waals surface area contributed by atoms with Crippen LogP contribution >= 0.6 is 0 Å². The van der Waals surface area contributed by atoms with E-state index >= 15 is 0 Å². The zero-order chi connectivity index (χ0) is 26.5. The topological polar surface area (TPSA) is 61.6 Å². The van der Waals surface area contributed by atoms with E-state index in [0.717, 1.165) is 75.7 Å². The fraction of sp³-hybridized carbons (Fsp3) is 0.500. The third kappa shape index (κ3) is 6.72. The molecule has 2 aromatic carbocycles. The van der Waals surface area contributed by atoms with Gasteiger partial charge in [-0.15, -0.1) is 0 Å². The molecule has 3 aromatic rings. The molecule has 3 heterocycles. The van der Waals surface area contributed by atoms with E-state index in [1.54, 1.807) is 0 Å². The first-order valence-corrected chi connectivity index (χ1v) is 14.2. The van der Waals surface area contributed by atoms with E-state index in [2.05, 4.69) is 102 Å². The predicted octanol–water partition coefficient (Wildman–Crippen LogP) is 5.14. The summed E-state index contributed by atoms with van der Waals surface area (Å²) in [6.45, 7) is 13.0. The zero-order valence-corrected chi connectivity index (χ0v) is 23.2. The third-order valence-corrected chi connectivity index (χ3v) is 8.24. The Bertz CT molecular complexity index is 1170. The highest BCUT2D eigenvalue weighted by Gasteiger charge is 2.31. The second kappa shape index (κ2) is 11.8. The van der Waals surface area contributed by atoms with Crippen molar-refractivity contribution in [1.29, 1.82) is 0 Å². The fourth-order valence-corrected chi connectivity index (χ4v) is 5.78. The van der Waals surface area contributed by atoms with Gasteiger partial charge in [0.15, 0.2) is 5.76 Å². The maximum absolute atomic E-state index is 13.3. The highest BCUT2D eigenvalue weighted by molar-refractivity contribution is 5.76. The highest BCUT2D eigenvalue weighted by atomic mass is 16.5. The van der Waals surface area contributed by atoms with Gasteiger partial charge in [-0.05, 0) is 54.3 Å². The largest absolute Gasteiger partial charge is 0.356 e. The van der Waals surface area contributed by atoms with Crippen LogP contribution in [0.25, 0.3) is 11.3 Å². The summed E-state index contributed by atoms with van der Waals surface area (Å²) >= 11 is 0. The molecule has 6 heteroatoms. The van der Waals surface area contributed by atoms with Crippen LogP contribution in [0, 0.1) is 11.8 Å². The molecule has 2 unspecified atom stereocenters. The smallest absolute Gasteiger partial charge is 0.222 e. The van der Waals surface area contributed by atoms with Crippen LogP contribution in [0.2, 0.25) is 0 Å². The van der Waals surface area contributed by atoms with E-state index in [-0.39, 0.29) is 5.41 Å². The first kappa shape index (κ1) is 26.6. The minimum absolute atomic E-state index is 0.126. The van der Waals surface area contributed by atoms with Crippen molar-refractivity contribution in [1.82, 2.24) is 20.3 Å². The van der Waals surface area contributed by atoms with Gasteiger partial charge in [0.25, 0.3) is 0 Å². The quantitative estimate of drug-likeness (QED) is 0.473. The summed E-state index contributed by atoms with van der Waals surface area (Å²) in [5.74, 6) is 1.87. The minimum atomic E-state index is 0.126. The van der Waals surface area contributed by atoms with Gasteiger partial charge in [-0.2, -0.15) is 0 Å². The van der Waals surface area contributed by atoms with Crippen molar-refractivity contribution >= 4 is 5.91 Å². The summed E-state index contributed by atoms with van der Waals surface area (Å²) in [4.78, 5) is 17.8. The lowest BCUT2D eigenvalue weighted by Gasteiger charge is -2.37. The molecule has 202 valence electrons. The summed E-state index contributed by atoms with van der Waals surface area (Å²) in [7, 11) is 0. The highest BCUT2D eigenvalue weighted by Crippen LogP contribution is 2.30. The van der Waals surface area contributed by atoms with Gasteiger partial charge in [-0.1, -0.05) is 80.5 Å². The van der Waals surface area contributed by atoms with Gasteiger partial charge in [0.2, 0.25) is 5.91 Å². The van der Waals surface area contributed by atoms with Crippen molar-refractivity contribution < 1.29 is 9.32 Å². The molecule has 6 nitrogen and oxygen atoms in total. The zero-order valence-electron chi connectivity index (χ0n) is 23.2. The van der Waals surface area contributed by atoms with Gasteiger partial charge in [0.1, 0.15) is 0 Å². The lowest BCUT2D eigenvalue weighted by molar-refractivity contribution is -0.134. The van der Waals surface area contributed by atoms with Gasteiger partial charge in [0.05, 0.1) is 5.69 Å². The second-order valence-electron chi connectivity index (χ2n) is 12.1. The molecular formula is C32H42N4O2. The van der Waals surface area contributed by atoms with Crippen LogP contribution in [0.5, 0.6) is 0 Å². The van der Waals surface area contributed by atoms with Crippen LogP contribution in [0.3, 0.4) is 0 Å². The molecule has 0 spiro atoms. The number of amides is 1. The Morgan fingerprint density at radius 3 is 2.45 bits per heavy atom. The monoisotopic (exact) mass is 514 g/mol. The SMILES string of the molecule is CC(C)(C)c1ccc(-c2cc(CC3CNCCC3CC(=O)N3CCN(Cc4ccccc4)CC3)no2)cc1. The van der Waals surface area contributed by atoms with E-state index in [4.69, 9.17) is 4.52 Å². The van der Waals surface area contributed by atoms with Crippen LogP contribution in [-0.2, 0) is 23.2 Å². The number of piperidine rings is 1. The predicted molar refractivity (Wildman–Crippen MR) is 152 cm³/mol. The van der Waals surface area contributed by atoms with Gasteiger partial charge >= 0.3 is 0 Å². The molecular weight excluding hydrogens is 472 g/mol. The van der Waals surface area contributed by atoms with E-state index < -0.39 is 0 Å². The standard InChI is InChI=1S/C32H42N4O2/c1-32(2,3)28-11-9-25(10-12-28)30-21-29(34-38-30)19-27-22-33-14-13-26(27)20-31(37)36-17-15-35(16-18-36)23-24-7-5-4-6-8-24/h4-12,21,26-27,33H,13-20,22-23H2,1-3H3. The van der Waals surface area contributed by atoms with Crippen molar-refractivity contribution in [2.24, 2.45) is 11.8 Å². The molecule has 2 fully saturated rings. The van der Waals surface area contributed by atoms with Crippen molar-refractivity contribution in [3.8, 4) is 11.3 Å². The van der Waals surface area contributed by atoms with Crippen LogP contribution in [0.15, 0.2) is 65.2 Å². The molecule has 1 N–H and O–H groups in total. The minimum Gasteiger partial charge on any atom is -0.356 e. The number of hydrogen-bond donors (Lipinski definition) is 1. The number of rotatable bonds is 7. The van der Waals surface area contributed by atoms with Gasteiger partial charge in [0, 0.05) is 50.8 Å². The Labute approximate surface area is 227 Å². The normalized spacial score (nSPS) is 21.0. The Hall–Kier alpha value is -2.96. The summed E-state index contributed by atoms with van der Waals surface area (Å²) < 4.78 is 5.73. The van der Waals surface area contributed by atoms with Crippen LogP contribution in [0.1, 0.15) is 50.4 Å². The van der Waals surface area contributed by atoms with Crippen LogP contribution < -0.4 is 5.32 Å². The molecule has 0 saturated carbocycles. The summed E-state index contributed by atoms with van der Waals surface area (Å²) in [6.07, 6.45) is 2.49. The molecule has 0 radical (unpaired) electrons. The van der Waals surface area contributed by atoms with Gasteiger partial charge < -0.3 is 14.7 Å². The number of benzene rings is 2. The lowest BCUT2D eigenvalue weighted by atomic mass is 9.81. The fourth-order valence-electron chi connectivity index (χ4n) is 5.78. The van der Waals surface area contributed by atoms with E-state index in [0.29, 0.717) is 24.2 Å². The lowest BCUT2D eigenvalue weighted by Crippen LogP contribution is -2.49. The summed E-state index contributed by atoms with van der Waals surface area (Å²) in [5, 5.41) is 7.94. The number of carbonyl (C=O) groups is 1. The maximum atomic E-state index is 13.3. The van der Waals surface area contributed by atoms with Gasteiger partial charge in [-0.3, -0.25) is 9.69 Å². The molecule has 1 amide bonds. The maximum Gasteiger partial charge on any atom is 0.222 e. The second-order valence-corrected chi connectivity index (χ2v) is 12.1. The molecule has 2 aliphatic heterocycles. The number of carbonyl (C=O) groups excluding carboxylic acids is 1. The van der Waals surface area contributed by atoms with Crippen molar-refractivity contribution in [3.05, 3.63) is 77.5 Å². The Morgan fingerprint density at radius 1 is 1.00 bits per heavy atom. The molecule has 38 heavy (non-hydrogen) atoms. The molecule has 0 bridgehead atoms. The number of hydrogen-bond acceptors (Lipinski definition) is 5. The van der Waals surface area contributed by atoms with E-state index in [1.165, 1.54) is 11.1 Å². The van der Waals surface area contributed by atoms with E-state index in [1.807, 2.05) is 0 Å². The van der Waals surface area contributed by atoms with Crippen molar-refractivity contribution in [3.63, 3.8) is 0 Å². The van der Waals surface area contributed by atoms with Crippen LogP contribution in [0.4, 0.5) is 0 Å². The molecule has 0 aliphatic carbocycles. The number of aromatic nitrogens is 1. The average molecular weight is 515 g/mol. The number of piperazine rings is 1. The Balaban J connectivity index is 1.14. The Morgan fingerprint density at radius 2 is 1.74 bits per heavy atom. The van der Waals surface area contributed by atoms with Crippen LogP contribution in [-0.4, -0.2) is 60.1 Å². The number of nitrogens with one attached hydrogen (secondary N) is 1.